The minimum absolute atomic E-state index is 0.115. The summed E-state index contributed by atoms with van der Waals surface area (Å²) in [5.74, 6) is 0.115. The summed E-state index contributed by atoms with van der Waals surface area (Å²) in [7, 11) is 0. The monoisotopic (exact) mass is 398 g/mol. The minimum atomic E-state index is 0.115. The first-order chi connectivity index (χ1) is 13.8. The second-order valence-corrected chi connectivity index (χ2v) is 8.51. The maximum atomic E-state index is 12.6. The highest BCUT2D eigenvalue weighted by molar-refractivity contribution is 7.09. The molecule has 2 atom stereocenters. The molecule has 0 bridgehead atoms. The average Bonchev–Trinajstić information content (AvgIpc) is 3.44. The normalized spacial score (nSPS) is 17.8. The van der Waals surface area contributed by atoms with E-state index in [1.54, 1.807) is 11.3 Å². The number of carbonyl (C=O) groups is 1. The number of hydrogen-bond donors (Lipinski definition) is 3. The van der Waals surface area contributed by atoms with Gasteiger partial charge in [0.2, 0.25) is 0 Å². The summed E-state index contributed by atoms with van der Waals surface area (Å²) >= 11 is 1.76. The van der Waals surface area contributed by atoms with E-state index in [2.05, 4.69) is 46.0 Å². The number of H-pyrrole nitrogens is 1. The van der Waals surface area contributed by atoms with E-state index in [1.165, 1.54) is 20.7 Å². The van der Waals surface area contributed by atoms with Crippen molar-refractivity contribution in [3.05, 3.63) is 58.4 Å². The summed E-state index contributed by atoms with van der Waals surface area (Å²) in [6.45, 7) is 3.79. The van der Waals surface area contributed by atoms with E-state index in [0.29, 0.717) is 13.1 Å². The van der Waals surface area contributed by atoms with Crippen molar-refractivity contribution in [1.82, 2.24) is 10.3 Å². The number of para-hydroxylation sites is 1. The maximum Gasteiger partial charge on any atom is 0.275 e. The molecule has 4 rings (SSSR count). The zero-order valence-electron chi connectivity index (χ0n) is 16.1. The van der Waals surface area contributed by atoms with Gasteiger partial charge in [0, 0.05) is 30.3 Å². The molecule has 1 aliphatic heterocycles. The molecule has 0 spiro atoms. The van der Waals surface area contributed by atoms with Crippen LogP contribution in [-0.2, 0) is 22.5 Å². The summed E-state index contributed by atoms with van der Waals surface area (Å²) in [6, 6.07) is 12.5. The molecule has 1 fully saturated rings. The number of amides is 1. The number of fused-ring (bicyclic) bond motifs is 1. The van der Waals surface area contributed by atoms with Gasteiger partial charge in [-0.05, 0) is 42.3 Å². The third kappa shape index (κ3) is 5.01. The largest absolute Gasteiger partial charge is 0.372 e. The highest BCUT2D eigenvalue weighted by Crippen LogP contribution is 2.17. The Morgan fingerprint density at radius 2 is 2.21 bits per heavy atom. The number of thiophene rings is 1. The predicted molar refractivity (Wildman–Crippen MR) is 113 cm³/mol. The van der Waals surface area contributed by atoms with Gasteiger partial charge in [-0.3, -0.25) is 4.79 Å². The molecule has 0 aliphatic carbocycles. The molecule has 1 aliphatic rings. The Morgan fingerprint density at radius 1 is 1.29 bits per heavy atom. The Hall–Kier alpha value is -2.15. The van der Waals surface area contributed by atoms with Crippen molar-refractivity contribution in [3.63, 3.8) is 0 Å². The van der Waals surface area contributed by atoms with Gasteiger partial charge in [-0.2, -0.15) is 0 Å². The van der Waals surface area contributed by atoms with Crippen molar-refractivity contribution >= 4 is 28.1 Å². The van der Waals surface area contributed by atoms with Crippen LogP contribution in [0, 0.1) is 0 Å². The third-order valence-corrected chi connectivity index (χ3v) is 6.22. The van der Waals surface area contributed by atoms with Gasteiger partial charge in [0.05, 0.1) is 4.88 Å². The molecular formula is C22H28N3O2S+. The Bertz CT molecular complexity index is 884. The molecule has 5 nitrogen and oxygen atoms in total. The van der Waals surface area contributed by atoms with Crippen LogP contribution in [0.3, 0.4) is 0 Å². The molecule has 6 heteroatoms. The van der Waals surface area contributed by atoms with Crippen molar-refractivity contribution in [2.75, 3.05) is 26.2 Å². The summed E-state index contributed by atoms with van der Waals surface area (Å²) < 4.78 is 5.80. The fraction of sp³-hybridized carbons (Fsp3) is 0.409. The van der Waals surface area contributed by atoms with Gasteiger partial charge in [-0.1, -0.05) is 24.3 Å². The summed E-state index contributed by atoms with van der Waals surface area (Å²) in [5, 5.41) is 6.44. The quantitative estimate of drug-likeness (QED) is 0.517. The summed E-state index contributed by atoms with van der Waals surface area (Å²) in [4.78, 5) is 18.5. The number of carbonyl (C=O) groups excluding carboxylic acids is 1. The van der Waals surface area contributed by atoms with Gasteiger partial charge in [-0.15, -0.1) is 11.3 Å². The lowest BCUT2D eigenvalue weighted by Gasteiger charge is -2.21. The molecule has 2 aromatic heterocycles. The molecular weight excluding hydrogens is 370 g/mol. The predicted octanol–water partition coefficient (Wildman–Crippen LogP) is 2.15. The van der Waals surface area contributed by atoms with Crippen molar-refractivity contribution in [2.45, 2.75) is 31.9 Å². The van der Waals surface area contributed by atoms with Gasteiger partial charge in [-0.25, -0.2) is 0 Å². The minimum Gasteiger partial charge on any atom is -0.372 e. The lowest BCUT2D eigenvalue weighted by molar-refractivity contribution is -0.908. The maximum absolute atomic E-state index is 12.6. The van der Waals surface area contributed by atoms with Crippen LogP contribution in [0.25, 0.3) is 10.9 Å². The topological polar surface area (TPSA) is 58.6 Å². The molecule has 1 saturated heterocycles. The number of aromatic nitrogens is 1. The third-order valence-electron chi connectivity index (χ3n) is 5.35. The van der Waals surface area contributed by atoms with Crippen LogP contribution in [0.2, 0.25) is 0 Å². The first kappa shape index (κ1) is 19.2. The van der Waals surface area contributed by atoms with E-state index in [9.17, 15) is 4.79 Å². The van der Waals surface area contributed by atoms with Crippen LogP contribution in [0.15, 0.2) is 48.0 Å². The molecule has 3 aromatic rings. The summed E-state index contributed by atoms with van der Waals surface area (Å²) in [5.41, 5.74) is 2.39. The molecule has 3 N–H and O–H groups in total. The number of benzene rings is 1. The van der Waals surface area contributed by atoms with E-state index in [1.807, 2.05) is 12.3 Å². The molecule has 0 saturated carbocycles. The highest BCUT2D eigenvalue weighted by atomic mass is 32.1. The smallest absolute Gasteiger partial charge is 0.275 e. The van der Waals surface area contributed by atoms with Crippen LogP contribution in [0.5, 0.6) is 0 Å². The van der Waals surface area contributed by atoms with Crippen molar-refractivity contribution < 1.29 is 14.4 Å². The van der Waals surface area contributed by atoms with Gasteiger partial charge < -0.3 is 19.9 Å². The number of hydrogen-bond acceptors (Lipinski definition) is 3. The van der Waals surface area contributed by atoms with Crippen molar-refractivity contribution in [2.24, 2.45) is 0 Å². The molecule has 1 amide bonds. The van der Waals surface area contributed by atoms with E-state index < -0.39 is 0 Å². The van der Waals surface area contributed by atoms with E-state index in [0.717, 1.165) is 44.5 Å². The van der Waals surface area contributed by atoms with Crippen LogP contribution in [-0.4, -0.2) is 43.2 Å². The zero-order valence-corrected chi connectivity index (χ0v) is 16.9. The second-order valence-electron chi connectivity index (χ2n) is 7.48. The average molecular weight is 399 g/mol. The van der Waals surface area contributed by atoms with Crippen LogP contribution >= 0.6 is 11.3 Å². The fourth-order valence-corrected chi connectivity index (χ4v) is 4.73. The van der Waals surface area contributed by atoms with Crippen LogP contribution < -0.4 is 10.2 Å². The Kier molecular flexibility index (Phi) is 6.41. The number of ether oxygens (including phenoxy) is 1. The second kappa shape index (κ2) is 9.37. The van der Waals surface area contributed by atoms with Crippen molar-refractivity contribution in [1.29, 1.82) is 0 Å². The number of aromatic amines is 1. The lowest BCUT2D eigenvalue weighted by Crippen LogP contribution is -3.13. The van der Waals surface area contributed by atoms with E-state index >= 15 is 0 Å². The number of rotatable bonds is 9. The fourth-order valence-electron chi connectivity index (χ4n) is 3.96. The molecule has 1 aromatic carbocycles. The van der Waals surface area contributed by atoms with Gasteiger partial charge in [0.1, 0.15) is 19.2 Å². The first-order valence-electron chi connectivity index (χ1n) is 10.1. The summed E-state index contributed by atoms with van der Waals surface area (Å²) in [6.07, 6.45) is 5.41. The van der Waals surface area contributed by atoms with Gasteiger partial charge in [0.25, 0.3) is 5.91 Å². The molecule has 28 heavy (non-hydrogen) atoms. The molecule has 3 heterocycles. The van der Waals surface area contributed by atoms with Gasteiger partial charge in [0.15, 0.2) is 6.54 Å². The SMILES string of the molecule is O=C(C[NH+](Cc1cccs1)C[C@@H]1CCCO1)NCCc1c[nH]c2ccccc12. The number of nitrogens with one attached hydrogen (secondary N) is 3. The highest BCUT2D eigenvalue weighted by Gasteiger charge is 2.24. The Balaban J connectivity index is 1.29. The molecule has 148 valence electrons. The standard InChI is InChI=1S/C22H27N3O2S/c26-22(23-10-9-17-13-24-21-8-2-1-7-20(17)21)16-25(14-18-5-3-11-27-18)15-19-6-4-12-28-19/h1-2,4,6-8,12-13,18,24H,3,5,9-11,14-16H2,(H,23,26)/p+1/t18-/m0/s1. The molecule has 1 unspecified atom stereocenters. The Labute approximate surface area is 169 Å². The number of quaternary nitrogens is 1. The van der Waals surface area contributed by atoms with E-state index in [-0.39, 0.29) is 12.0 Å². The zero-order chi connectivity index (χ0) is 19.2. The molecule has 0 radical (unpaired) electrons. The first-order valence-corrected chi connectivity index (χ1v) is 10.9. The van der Waals surface area contributed by atoms with Crippen LogP contribution in [0.1, 0.15) is 23.3 Å². The van der Waals surface area contributed by atoms with Crippen molar-refractivity contribution in [3.8, 4) is 0 Å². The Morgan fingerprint density at radius 3 is 3.04 bits per heavy atom. The van der Waals surface area contributed by atoms with Gasteiger partial charge >= 0.3 is 0 Å². The lowest BCUT2D eigenvalue weighted by atomic mass is 10.1. The van der Waals surface area contributed by atoms with E-state index in [4.69, 9.17) is 4.74 Å². The van der Waals surface area contributed by atoms with Crippen LogP contribution in [0.4, 0.5) is 0 Å².